The highest BCUT2D eigenvalue weighted by Gasteiger charge is 2.28. The molecule has 1 amide bonds. The summed E-state index contributed by atoms with van der Waals surface area (Å²) in [4.78, 5) is 26.1. The van der Waals surface area contributed by atoms with Gasteiger partial charge in [0, 0.05) is 44.7 Å². The van der Waals surface area contributed by atoms with E-state index in [1.54, 1.807) is 62.6 Å². The van der Waals surface area contributed by atoms with Crippen molar-refractivity contribution < 1.29 is 18.7 Å². The first-order valence-electron chi connectivity index (χ1n) is 12.6. The number of methoxy groups -OCH3 is 1. The number of anilines is 1. The number of fused-ring (bicyclic) bond motifs is 1. The van der Waals surface area contributed by atoms with E-state index in [1.165, 1.54) is 0 Å². The molecule has 2 heterocycles. The third-order valence-electron chi connectivity index (χ3n) is 6.71. The number of halogens is 1. The molecule has 0 aliphatic carbocycles. The average molecular weight is 541 g/mol. The zero-order chi connectivity index (χ0) is 27.7. The zero-order valence-corrected chi connectivity index (χ0v) is 23.0. The third kappa shape index (κ3) is 5.76. The van der Waals surface area contributed by atoms with Crippen molar-refractivity contribution in [3.8, 4) is 17.1 Å². The molecular formula is C32H29ClN2O4. The summed E-state index contributed by atoms with van der Waals surface area (Å²) in [6, 6.07) is 21.7. The topological polar surface area (TPSA) is 80.6 Å². The summed E-state index contributed by atoms with van der Waals surface area (Å²) in [5.74, 6) is 1.40. The van der Waals surface area contributed by atoms with Gasteiger partial charge in [0.15, 0.2) is 5.78 Å². The van der Waals surface area contributed by atoms with Gasteiger partial charge in [-0.15, -0.1) is 0 Å². The van der Waals surface area contributed by atoms with Crippen molar-refractivity contribution in [2.24, 2.45) is 0 Å². The van der Waals surface area contributed by atoms with Gasteiger partial charge in [0.25, 0.3) is 5.91 Å². The van der Waals surface area contributed by atoms with Gasteiger partial charge in [0.2, 0.25) is 0 Å². The molecule has 7 heteroatoms. The molecule has 2 N–H and O–H groups in total. The lowest BCUT2D eigenvalue weighted by Crippen LogP contribution is -2.43. The largest absolute Gasteiger partial charge is 0.497 e. The number of ether oxygens (including phenoxy) is 1. The van der Waals surface area contributed by atoms with Crippen LogP contribution in [0.4, 0.5) is 5.69 Å². The van der Waals surface area contributed by atoms with Crippen LogP contribution in [0.2, 0.25) is 5.02 Å². The highest BCUT2D eigenvalue weighted by molar-refractivity contribution is 6.30. The zero-order valence-electron chi connectivity index (χ0n) is 22.2. The Labute approximate surface area is 232 Å². The molecule has 6 nitrogen and oxygen atoms in total. The number of ketones is 1. The molecule has 0 unspecified atom stereocenters. The summed E-state index contributed by atoms with van der Waals surface area (Å²) in [7, 11) is 1.63. The van der Waals surface area contributed by atoms with Crippen LogP contribution in [0.15, 0.2) is 83.3 Å². The number of nitrogens with one attached hydrogen (secondary N) is 2. The van der Waals surface area contributed by atoms with E-state index < -0.39 is 0 Å². The summed E-state index contributed by atoms with van der Waals surface area (Å²) < 4.78 is 11.2. The van der Waals surface area contributed by atoms with Gasteiger partial charge in [0.05, 0.1) is 12.7 Å². The molecule has 0 bridgehead atoms. The Morgan fingerprint density at radius 3 is 2.44 bits per heavy atom. The smallest absolute Gasteiger partial charge is 0.259 e. The molecule has 0 saturated carbocycles. The first-order chi connectivity index (χ1) is 18.6. The van der Waals surface area contributed by atoms with E-state index >= 15 is 0 Å². The van der Waals surface area contributed by atoms with E-state index in [0.29, 0.717) is 33.4 Å². The molecule has 4 aromatic rings. The van der Waals surface area contributed by atoms with Crippen LogP contribution < -0.4 is 15.4 Å². The van der Waals surface area contributed by atoms with Gasteiger partial charge >= 0.3 is 0 Å². The predicted octanol–water partition coefficient (Wildman–Crippen LogP) is 7.32. The summed E-state index contributed by atoms with van der Waals surface area (Å²) in [5.41, 5.74) is 5.03. The normalized spacial score (nSPS) is 14.8. The number of allylic oxidation sites excluding steroid dienone is 1. The lowest BCUT2D eigenvalue weighted by atomic mass is 9.85. The van der Waals surface area contributed by atoms with Crippen LogP contribution >= 0.6 is 11.6 Å². The number of carbonyl (C=O) groups excluding carboxylic acids is 2. The standard InChI is InChI=1S/C32H29ClN2O4/c1-19-26(16-30(39-19)21-5-10-23(33)11-6-21)31(37)34-24-12-7-20(8-13-24)29(36)17-28-27-15-25(38-4)14-9-22(27)18-32(2,3)35-28/h5-17,35H,18H2,1-4H3,(H,34,37). The quantitative estimate of drug-likeness (QED) is 0.198. The number of aryl methyl sites for hydroxylation is 1. The van der Waals surface area contributed by atoms with Gasteiger partial charge in [-0.3, -0.25) is 9.59 Å². The van der Waals surface area contributed by atoms with E-state index in [0.717, 1.165) is 34.6 Å². The number of hydrogen-bond acceptors (Lipinski definition) is 5. The number of rotatable bonds is 6. The molecule has 39 heavy (non-hydrogen) atoms. The number of carbonyl (C=O) groups is 2. The van der Waals surface area contributed by atoms with Gasteiger partial charge in [-0.1, -0.05) is 17.7 Å². The maximum absolute atomic E-state index is 13.2. The maximum atomic E-state index is 13.2. The lowest BCUT2D eigenvalue weighted by molar-refractivity contribution is 0.102. The Hall–Kier alpha value is -4.29. The van der Waals surface area contributed by atoms with Crippen molar-refractivity contribution in [2.75, 3.05) is 12.4 Å². The molecule has 1 aliphatic rings. The SMILES string of the molecule is COc1ccc2c(c1)C(=CC(=O)c1ccc(NC(=O)c3cc(-c4ccc(Cl)cc4)oc3C)cc1)NC(C)(C)C2. The highest BCUT2D eigenvalue weighted by atomic mass is 35.5. The van der Waals surface area contributed by atoms with Crippen molar-refractivity contribution in [1.82, 2.24) is 5.32 Å². The molecule has 198 valence electrons. The van der Waals surface area contributed by atoms with Crippen LogP contribution in [-0.2, 0) is 6.42 Å². The molecular weight excluding hydrogens is 512 g/mol. The lowest BCUT2D eigenvalue weighted by Gasteiger charge is -2.35. The first-order valence-corrected chi connectivity index (χ1v) is 13.0. The summed E-state index contributed by atoms with van der Waals surface area (Å²) in [5, 5.41) is 7.00. The van der Waals surface area contributed by atoms with Crippen LogP contribution in [0, 0.1) is 6.92 Å². The van der Waals surface area contributed by atoms with Gasteiger partial charge in [-0.2, -0.15) is 0 Å². The van der Waals surface area contributed by atoms with Gasteiger partial charge in [-0.25, -0.2) is 0 Å². The van der Waals surface area contributed by atoms with Crippen molar-refractivity contribution in [3.05, 3.63) is 112 Å². The maximum Gasteiger partial charge on any atom is 0.259 e. The van der Waals surface area contributed by atoms with Gasteiger partial charge in [-0.05, 0) is 99.5 Å². The monoisotopic (exact) mass is 540 g/mol. The highest BCUT2D eigenvalue weighted by Crippen LogP contribution is 2.33. The summed E-state index contributed by atoms with van der Waals surface area (Å²) in [6.07, 6.45) is 2.46. The molecule has 0 atom stereocenters. The molecule has 1 aromatic heterocycles. The van der Waals surface area contributed by atoms with E-state index in [1.807, 2.05) is 30.3 Å². The number of amides is 1. The van der Waals surface area contributed by atoms with Crippen LogP contribution in [0.1, 0.15) is 51.5 Å². The van der Waals surface area contributed by atoms with Crippen molar-refractivity contribution >= 4 is 34.7 Å². The fraction of sp³-hybridized carbons (Fsp3) is 0.188. The van der Waals surface area contributed by atoms with Crippen molar-refractivity contribution in [3.63, 3.8) is 0 Å². The fourth-order valence-corrected chi connectivity index (χ4v) is 4.87. The van der Waals surface area contributed by atoms with Crippen LogP contribution in [-0.4, -0.2) is 24.3 Å². The Bertz CT molecular complexity index is 1580. The molecule has 0 spiro atoms. The Kier molecular flexibility index (Phi) is 7.06. The fourth-order valence-electron chi connectivity index (χ4n) is 4.75. The second-order valence-corrected chi connectivity index (χ2v) is 10.7. The molecule has 0 saturated heterocycles. The van der Waals surface area contributed by atoms with E-state index in [2.05, 4.69) is 24.5 Å². The number of hydrogen-bond donors (Lipinski definition) is 2. The second-order valence-electron chi connectivity index (χ2n) is 10.2. The second kappa shape index (κ2) is 10.5. The Morgan fingerprint density at radius 1 is 1.03 bits per heavy atom. The Morgan fingerprint density at radius 2 is 1.74 bits per heavy atom. The molecule has 3 aromatic carbocycles. The van der Waals surface area contributed by atoms with Crippen LogP contribution in [0.25, 0.3) is 17.0 Å². The van der Waals surface area contributed by atoms with Crippen molar-refractivity contribution in [2.45, 2.75) is 32.7 Å². The predicted molar refractivity (Wildman–Crippen MR) is 155 cm³/mol. The van der Waals surface area contributed by atoms with Gasteiger partial charge in [0.1, 0.15) is 17.3 Å². The minimum atomic E-state index is -0.295. The molecule has 0 radical (unpaired) electrons. The number of furan rings is 1. The van der Waals surface area contributed by atoms with Gasteiger partial charge < -0.3 is 19.8 Å². The molecule has 1 aliphatic heterocycles. The van der Waals surface area contributed by atoms with E-state index in [-0.39, 0.29) is 17.2 Å². The number of benzene rings is 3. The van der Waals surface area contributed by atoms with Crippen molar-refractivity contribution in [1.29, 1.82) is 0 Å². The third-order valence-corrected chi connectivity index (χ3v) is 6.96. The first kappa shape index (κ1) is 26.3. The Balaban J connectivity index is 1.32. The molecule has 0 fully saturated rings. The van der Waals surface area contributed by atoms with E-state index in [9.17, 15) is 9.59 Å². The summed E-state index contributed by atoms with van der Waals surface area (Å²) in [6.45, 7) is 5.96. The van der Waals surface area contributed by atoms with Crippen LogP contribution in [0.3, 0.4) is 0 Å². The van der Waals surface area contributed by atoms with E-state index in [4.69, 9.17) is 20.8 Å². The summed E-state index contributed by atoms with van der Waals surface area (Å²) >= 11 is 5.97. The average Bonchev–Trinajstić information content (AvgIpc) is 3.30. The van der Waals surface area contributed by atoms with Crippen LogP contribution in [0.5, 0.6) is 5.75 Å². The minimum Gasteiger partial charge on any atom is -0.497 e. The minimum absolute atomic E-state index is 0.139. The molecule has 5 rings (SSSR count).